The standard InChI is InChI=1S/C13H17N5O/c1-9-10(4-2-5-11(9)14)13(19)15-7-3-6-12-16-8-17-18-12/h2,4-5,8H,3,6-7,14H2,1H3,(H,15,19)(H,16,17,18). The fourth-order valence-corrected chi connectivity index (χ4v) is 1.80. The molecule has 0 aliphatic rings. The average molecular weight is 259 g/mol. The molecule has 1 aromatic carbocycles. The SMILES string of the molecule is Cc1c(N)cccc1C(=O)NCCCc1ncn[nH]1. The number of hydrogen-bond donors (Lipinski definition) is 3. The van der Waals surface area contributed by atoms with E-state index >= 15 is 0 Å². The van der Waals surface area contributed by atoms with E-state index in [1.54, 1.807) is 18.2 Å². The molecule has 1 amide bonds. The van der Waals surface area contributed by atoms with Crippen LogP contribution in [0.4, 0.5) is 5.69 Å². The largest absolute Gasteiger partial charge is 0.398 e. The Balaban J connectivity index is 1.83. The maximum atomic E-state index is 12.0. The molecule has 0 saturated heterocycles. The number of nitrogen functional groups attached to an aromatic ring is 1. The summed E-state index contributed by atoms with van der Waals surface area (Å²) in [6.07, 6.45) is 3.04. The molecule has 19 heavy (non-hydrogen) atoms. The summed E-state index contributed by atoms with van der Waals surface area (Å²) in [5.41, 5.74) is 7.85. The van der Waals surface area contributed by atoms with Crippen LogP contribution in [0.15, 0.2) is 24.5 Å². The molecule has 1 heterocycles. The van der Waals surface area contributed by atoms with Gasteiger partial charge in [0.2, 0.25) is 0 Å². The van der Waals surface area contributed by atoms with E-state index in [9.17, 15) is 4.79 Å². The Labute approximate surface area is 111 Å². The monoisotopic (exact) mass is 259 g/mol. The molecule has 2 rings (SSSR count). The van der Waals surface area contributed by atoms with Crippen molar-refractivity contribution in [1.29, 1.82) is 0 Å². The van der Waals surface area contributed by atoms with Gasteiger partial charge in [0, 0.05) is 24.2 Å². The van der Waals surface area contributed by atoms with Gasteiger partial charge in [0.05, 0.1) is 0 Å². The first-order chi connectivity index (χ1) is 9.18. The van der Waals surface area contributed by atoms with Gasteiger partial charge >= 0.3 is 0 Å². The summed E-state index contributed by atoms with van der Waals surface area (Å²) >= 11 is 0. The molecule has 6 nitrogen and oxygen atoms in total. The van der Waals surface area contributed by atoms with Crippen molar-refractivity contribution in [3.05, 3.63) is 41.5 Å². The Morgan fingerprint density at radius 2 is 2.32 bits per heavy atom. The van der Waals surface area contributed by atoms with E-state index in [4.69, 9.17) is 5.73 Å². The molecule has 0 radical (unpaired) electrons. The predicted octanol–water partition coefficient (Wildman–Crippen LogP) is 1.06. The Kier molecular flexibility index (Phi) is 4.12. The summed E-state index contributed by atoms with van der Waals surface area (Å²) < 4.78 is 0. The third kappa shape index (κ3) is 3.31. The minimum atomic E-state index is -0.0950. The summed E-state index contributed by atoms with van der Waals surface area (Å²) in [5, 5.41) is 9.42. The van der Waals surface area contributed by atoms with Crippen LogP contribution in [0.25, 0.3) is 0 Å². The summed E-state index contributed by atoms with van der Waals surface area (Å²) in [6.45, 7) is 2.44. The number of nitrogens with two attached hydrogens (primary N) is 1. The van der Waals surface area contributed by atoms with Crippen LogP contribution in [-0.2, 0) is 6.42 Å². The van der Waals surface area contributed by atoms with Crippen LogP contribution in [0.3, 0.4) is 0 Å². The zero-order valence-electron chi connectivity index (χ0n) is 10.8. The van der Waals surface area contributed by atoms with Crippen molar-refractivity contribution >= 4 is 11.6 Å². The highest BCUT2D eigenvalue weighted by Crippen LogP contribution is 2.15. The third-order valence-corrected chi connectivity index (χ3v) is 2.96. The van der Waals surface area contributed by atoms with Crippen molar-refractivity contribution in [2.45, 2.75) is 19.8 Å². The second-order valence-electron chi connectivity index (χ2n) is 4.31. The van der Waals surface area contributed by atoms with Gasteiger partial charge in [-0.15, -0.1) is 0 Å². The van der Waals surface area contributed by atoms with Gasteiger partial charge in [-0.2, -0.15) is 5.10 Å². The molecule has 6 heteroatoms. The van der Waals surface area contributed by atoms with Crippen LogP contribution < -0.4 is 11.1 Å². The molecule has 0 aliphatic carbocycles. The summed E-state index contributed by atoms with van der Waals surface area (Å²) in [6, 6.07) is 5.35. The number of nitrogens with zero attached hydrogens (tertiary/aromatic N) is 2. The number of benzene rings is 1. The van der Waals surface area contributed by atoms with E-state index in [1.807, 2.05) is 6.92 Å². The van der Waals surface area contributed by atoms with Crippen molar-refractivity contribution in [3.8, 4) is 0 Å². The van der Waals surface area contributed by atoms with E-state index in [0.717, 1.165) is 24.2 Å². The van der Waals surface area contributed by atoms with Gasteiger partial charge in [0.1, 0.15) is 12.2 Å². The highest BCUT2D eigenvalue weighted by Gasteiger charge is 2.09. The van der Waals surface area contributed by atoms with Gasteiger partial charge in [-0.25, -0.2) is 4.98 Å². The van der Waals surface area contributed by atoms with Gasteiger partial charge in [-0.05, 0) is 31.0 Å². The van der Waals surface area contributed by atoms with Crippen LogP contribution in [0, 0.1) is 6.92 Å². The van der Waals surface area contributed by atoms with Crippen molar-refractivity contribution < 1.29 is 4.79 Å². The van der Waals surface area contributed by atoms with Crippen molar-refractivity contribution in [2.24, 2.45) is 0 Å². The summed E-state index contributed by atoms with van der Waals surface area (Å²) in [4.78, 5) is 16.0. The molecule has 0 atom stereocenters. The number of nitrogens with one attached hydrogen (secondary N) is 2. The average Bonchev–Trinajstić information content (AvgIpc) is 2.91. The normalized spacial score (nSPS) is 10.4. The first-order valence-electron chi connectivity index (χ1n) is 6.16. The Hall–Kier alpha value is -2.37. The highest BCUT2D eigenvalue weighted by atomic mass is 16.1. The van der Waals surface area contributed by atoms with Gasteiger partial charge in [-0.3, -0.25) is 9.89 Å². The quantitative estimate of drug-likeness (QED) is 0.552. The molecule has 0 unspecified atom stereocenters. The molecule has 0 aliphatic heterocycles. The van der Waals surface area contributed by atoms with E-state index < -0.39 is 0 Å². The second kappa shape index (κ2) is 5.99. The number of anilines is 1. The molecule has 2 aromatic rings. The number of rotatable bonds is 5. The number of H-pyrrole nitrogens is 1. The number of aryl methyl sites for hydroxylation is 1. The molecule has 0 spiro atoms. The van der Waals surface area contributed by atoms with Crippen LogP contribution in [-0.4, -0.2) is 27.6 Å². The molecule has 1 aromatic heterocycles. The lowest BCUT2D eigenvalue weighted by molar-refractivity contribution is 0.0952. The van der Waals surface area contributed by atoms with Gasteiger partial charge in [0.25, 0.3) is 5.91 Å². The highest BCUT2D eigenvalue weighted by molar-refractivity contribution is 5.96. The molecular formula is C13H17N5O. The van der Waals surface area contributed by atoms with Crippen molar-refractivity contribution in [1.82, 2.24) is 20.5 Å². The number of aromatic amines is 1. The molecular weight excluding hydrogens is 242 g/mol. The van der Waals surface area contributed by atoms with Crippen LogP contribution in [0.1, 0.15) is 28.2 Å². The Morgan fingerprint density at radius 3 is 3.05 bits per heavy atom. The van der Waals surface area contributed by atoms with Crippen LogP contribution in [0.2, 0.25) is 0 Å². The maximum Gasteiger partial charge on any atom is 0.251 e. The molecule has 4 N–H and O–H groups in total. The Morgan fingerprint density at radius 1 is 1.47 bits per heavy atom. The lowest BCUT2D eigenvalue weighted by Gasteiger charge is -2.08. The van der Waals surface area contributed by atoms with Crippen LogP contribution in [0.5, 0.6) is 0 Å². The van der Waals surface area contributed by atoms with Crippen LogP contribution >= 0.6 is 0 Å². The smallest absolute Gasteiger partial charge is 0.251 e. The predicted molar refractivity (Wildman–Crippen MR) is 72.6 cm³/mol. The number of carbonyl (C=O) groups is 1. The minimum Gasteiger partial charge on any atom is -0.398 e. The number of aromatic nitrogens is 3. The fraction of sp³-hybridized carbons (Fsp3) is 0.308. The zero-order valence-corrected chi connectivity index (χ0v) is 10.8. The molecule has 0 saturated carbocycles. The maximum absolute atomic E-state index is 12.0. The van der Waals surface area contributed by atoms with E-state index in [0.29, 0.717) is 17.8 Å². The first kappa shape index (κ1) is 13.1. The van der Waals surface area contributed by atoms with E-state index in [-0.39, 0.29) is 5.91 Å². The van der Waals surface area contributed by atoms with Gasteiger partial charge < -0.3 is 11.1 Å². The minimum absolute atomic E-state index is 0.0950. The number of carbonyl (C=O) groups excluding carboxylic acids is 1. The zero-order chi connectivity index (χ0) is 13.7. The molecule has 0 fully saturated rings. The summed E-state index contributed by atoms with van der Waals surface area (Å²) in [7, 11) is 0. The number of hydrogen-bond acceptors (Lipinski definition) is 4. The number of amides is 1. The van der Waals surface area contributed by atoms with Crippen molar-refractivity contribution in [2.75, 3.05) is 12.3 Å². The lowest BCUT2D eigenvalue weighted by Crippen LogP contribution is -2.25. The lowest BCUT2D eigenvalue weighted by atomic mass is 10.1. The molecule has 100 valence electrons. The fourth-order valence-electron chi connectivity index (χ4n) is 1.80. The summed E-state index contributed by atoms with van der Waals surface area (Å²) in [5.74, 6) is 0.733. The van der Waals surface area contributed by atoms with Gasteiger partial charge in [0.15, 0.2) is 0 Å². The molecule has 0 bridgehead atoms. The second-order valence-corrected chi connectivity index (χ2v) is 4.31. The third-order valence-electron chi connectivity index (χ3n) is 2.96. The van der Waals surface area contributed by atoms with Gasteiger partial charge in [-0.1, -0.05) is 6.07 Å². The Bertz CT molecular complexity index is 550. The van der Waals surface area contributed by atoms with Crippen molar-refractivity contribution in [3.63, 3.8) is 0 Å². The van der Waals surface area contributed by atoms with E-state index in [2.05, 4.69) is 20.5 Å². The first-order valence-corrected chi connectivity index (χ1v) is 6.16. The van der Waals surface area contributed by atoms with E-state index in [1.165, 1.54) is 6.33 Å². The topological polar surface area (TPSA) is 96.7 Å².